The summed E-state index contributed by atoms with van der Waals surface area (Å²) in [7, 11) is 0. The van der Waals surface area contributed by atoms with E-state index in [9.17, 15) is 0 Å². The summed E-state index contributed by atoms with van der Waals surface area (Å²) >= 11 is 0. The molecule has 1 fully saturated rings. The van der Waals surface area contributed by atoms with E-state index in [0.29, 0.717) is 18.8 Å². The number of rotatable bonds is 5. The zero-order chi connectivity index (χ0) is 7.40. The van der Waals surface area contributed by atoms with Gasteiger partial charge >= 0.3 is 0 Å². The van der Waals surface area contributed by atoms with Gasteiger partial charge in [0.05, 0.1) is 12.2 Å². The molecule has 2 heteroatoms. The van der Waals surface area contributed by atoms with E-state index in [1.807, 2.05) is 0 Å². The average Bonchev–Trinajstić information content (AvgIpc) is 2.68. The lowest BCUT2D eigenvalue weighted by Crippen LogP contribution is -1.93. The largest absolute Gasteiger partial charge is 0.396 e. The van der Waals surface area contributed by atoms with Gasteiger partial charge in [-0.05, 0) is 25.7 Å². The van der Waals surface area contributed by atoms with Crippen molar-refractivity contribution in [2.45, 2.75) is 44.8 Å². The summed E-state index contributed by atoms with van der Waals surface area (Å²) in [5.74, 6) is 0. The van der Waals surface area contributed by atoms with Crippen LogP contribution in [0.2, 0.25) is 0 Å². The Morgan fingerprint density at radius 1 is 1.30 bits per heavy atom. The minimum absolute atomic E-state index is 0.323. The summed E-state index contributed by atoms with van der Waals surface area (Å²) in [6.45, 7) is 2.47. The van der Waals surface area contributed by atoms with Gasteiger partial charge in [0.2, 0.25) is 0 Å². The molecule has 1 aliphatic rings. The molecule has 0 spiro atoms. The third kappa shape index (κ3) is 2.27. The van der Waals surface area contributed by atoms with Gasteiger partial charge in [-0.1, -0.05) is 6.92 Å². The van der Waals surface area contributed by atoms with Crippen LogP contribution < -0.4 is 0 Å². The molecule has 0 bridgehead atoms. The van der Waals surface area contributed by atoms with Crippen LogP contribution in [0.4, 0.5) is 0 Å². The number of aliphatic hydroxyl groups excluding tert-OH is 1. The quantitative estimate of drug-likeness (QED) is 0.466. The van der Waals surface area contributed by atoms with E-state index in [1.165, 1.54) is 0 Å². The summed E-state index contributed by atoms with van der Waals surface area (Å²) in [5, 5.41) is 8.48. The van der Waals surface area contributed by atoms with Crippen molar-refractivity contribution in [2.75, 3.05) is 6.61 Å². The second kappa shape index (κ2) is 3.94. The zero-order valence-electron chi connectivity index (χ0n) is 6.55. The molecule has 1 aliphatic heterocycles. The molecule has 1 unspecified atom stereocenters. The Kier molecular flexibility index (Phi) is 3.16. The second-order valence-electron chi connectivity index (χ2n) is 2.84. The summed E-state index contributed by atoms with van der Waals surface area (Å²) in [5.41, 5.74) is 0. The van der Waals surface area contributed by atoms with Crippen molar-refractivity contribution in [1.29, 1.82) is 0 Å². The first kappa shape index (κ1) is 8.02. The van der Waals surface area contributed by atoms with Crippen molar-refractivity contribution in [3.8, 4) is 0 Å². The Morgan fingerprint density at radius 2 is 2.10 bits per heavy atom. The van der Waals surface area contributed by atoms with Crippen LogP contribution in [-0.4, -0.2) is 23.9 Å². The molecule has 0 aromatic rings. The van der Waals surface area contributed by atoms with Gasteiger partial charge in [0, 0.05) is 6.61 Å². The first-order valence-corrected chi connectivity index (χ1v) is 4.14. The van der Waals surface area contributed by atoms with E-state index < -0.39 is 0 Å². The molecule has 2 atom stereocenters. The van der Waals surface area contributed by atoms with E-state index in [-0.39, 0.29) is 0 Å². The zero-order valence-corrected chi connectivity index (χ0v) is 6.55. The number of ether oxygens (including phenoxy) is 1. The van der Waals surface area contributed by atoms with Gasteiger partial charge in [-0.3, -0.25) is 0 Å². The Labute approximate surface area is 62.2 Å². The molecule has 1 saturated heterocycles. The van der Waals surface area contributed by atoms with E-state index in [0.717, 1.165) is 25.7 Å². The first-order chi connectivity index (χ1) is 4.88. The topological polar surface area (TPSA) is 32.8 Å². The third-order valence-electron chi connectivity index (χ3n) is 1.99. The van der Waals surface area contributed by atoms with E-state index in [1.54, 1.807) is 0 Å². The molecule has 0 aromatic carbocycles. The van der Waals surface area contributed by atoms with Crippen LogP contribution in [0.5, 0.6) is 0 Å². The molecular weight excluding hydrogens is 128 g/mol. The van der Waals surface area contributed by atoms with Crippen LogP contribution in [0, 0.1) is 0 Å². The van der Waals surface area contributed by atoms with E-state index in [2.05, 4.69) is 6.92 Å². The van der Waals surface area contributed by atoms with E-state index >= 15 is 0 Å². The summed E-state index contributed by atoms with van der Waals surface area (Å²) in [4.78, 5) is 0. The van der Waals surface area contributed by atoms with E-state index in [4.69, 9.17) is 9.84 Å². The maximum absolute atomic E-state index is 8.48. The summed E-state index contributed by atoms with van der Waals surface area (Å²) in [6.07, 6.45) is 5.38. The van der Waals surface area contributed by atoms with Gasteiger partial charge in [0.1, 0.15) is 0 Å². The number of hydrogen-bond donors (Lipinski definition) is 1. The highest BCUT2D eigenvalue weighted by atomic mass is 16.6. The third-order valence-corrected chi connectivity index (χ3v) is 1.99. The molecule has 0 aliphatic carbocycles. The van der Waals surface area contributed by atoms with Gasteiger partial charge < -0.3 is 9.84 Å². The highest BCUT2D eigenvalue weighted by molar-refractivity contribution is 4.82. The average molecular weight is 144 g/mol. The number of epoxide rings is 1. The summed E-state index contributed by atoms with van der Waals surface area (Å²) < 4.78 is 5.33. The molecule has 0 radical (unpaired) electrons. The molecule has 1 N–H and O–H groups in total. The number of unbranched alkanes of at least 4 members (excludes halogenated alkanes) is 1. The molecule has 0 aromatic heterocycles. The Balaban J connectivity index is 1.87. The Bertz CT molecular complexity index is 93.3. The van der Waals surface area contributed by atoms with Gasteiger partial charge in [0.15, 0.2) is 0 Å². The predicted molar refractivity (Wildman–Crippen MR) is 39.9 cm³/mol. The highest BCUT2D eigenvalue weighted by Gasteiger charge is 2.35. The van der Waals surface area contributed by atoms with Crippen LogP contribution in [0.25, 0.3) is 0 Å². The molecule has 2 nitrogen and oxygen atoms in total. The molecule has 0 amide bonds. The molecule has 0 saturated carbocycles. The fourth-order valence-electron chi connectivity index (χ4n) is 1.25. The minimum Gasteiger partial charge on any atom is -0.396 e. The fourth-order valence-corrected chi connectivity index (χ4v) is 1.25. The van der Waals surface area contributed by atoms with Crippen LogP contribution in [0.3, 0.4) is 0 Å². The van der Waals surface area contributed by atoms with Gasteiger partial charge in [-0.2, -0.15) is 0 Å². The Hall–Kier alpha value is -0.0800. The van der Waals surface area contributed by atoms with Crippen molar-refractivity contribution in [3.63, 3.8) is 0 Å². The fraction of sp³-hybridized carbons (Fsp3) is 1.00. The maximum atomic E-state index is 8.48. The molecule has 1 heterocycles. The SMILES string of the molecule is CC[C@H]1OC1CCCCO. The predicted octanol–water partition coefficient (Wildman–Crippen LogP) is 1.33. The maximum Gasteiger partial charge on any atom is 0.0841 e. The normalized spacial score (nSPS) is 30.6. The molecule has 1 rings (SSSR count). The van der Waals surface area contributed by atoms with Crippen molar-refractivity contribution in [2.24, 2.45) is 0 Å². The molecule has 60 valence electrons. The van der Waals surface area contributed by atoms with Crippen molar-refractivity contribution >= 4 is 0 Å². The monoisotopic (exact) mass is 144 g/mol. The lowest BCUT2D eigenvalue weighted by Gasteiger charge is -1.92. The molecular formula is C8H16O2. The highest BCUT2D eigenvalue weighted by Crippen LogP contribution is 2.29. The minimum atomic E-state index is 0.323. The number of aliphatic hydroxyl groups is 1. The van der Waals surface area contributed by atoms with Crippen LogP contribution in [0.1, 0.15) is 32.6 Å². The Morgan fingerprint density at radius 3 is 2.60 bits per heavy atom. The van der Waals surface area contributed by atoms with Crippen LogP contribution in [0.15, 0.2) is 0 Å². The van der Waals surface area contributed by atoms with Gasteiger partial charge in [-0.15, -0.1) is 0 Å². The van der Waals surface area contributed by atoms with Crippen molar-refractivity contribution in [1.82, 2.24) is 0 Å². The lowest BCUT2D eigenvalue weighted by molar-refractivity contribution is 0.278. The second-order valence-corrected chi connectivity index (χ2v) is 2.84. The van der Waals surface area contributed by atoms with Crippen LogP contribution >= 0.6 is 0 Å². The van der Waals surface area contributed by atoms with Crippen molar-refractivity contribution < 1.29 is 9.84 Å². The smallest absolute Gasteiger partial charge is 0.0841 e. The van der Waals surface area contributed by atoms with Gasteiger partial charge in [0.25, 0.3) is 0 Å². The number of hydrogen-bond acceptors (Lipinski definition) is 2. The molecule has 10 heavy (non-hydrogen) atoms. The van der Waals surface area contributed by atoms with Crippen LogP contribution in [-0.2, 0) is 4.74 Å². The van der Waals surface area contributed by atoms with Crippen molar-refractivity contribution in [3.05, 3.63) is 0 Å². The first-order valence-electron chi connectivity index (χ1n) is 4.14. The lowest BCUT2D eigenvalue weighted by atomic mass is 10.1. The summed E-state index contributed by atoms with van der Waals surface area (Å²) in [6, 6.07) is 0. The standard InChI is InChI=1S/C8H16O2/c1-2-7-8(10-7)5-3-4-6-9/h7-9H,2-6H2,1H3/t7-,8?/m1/s1. The van der Waals surface area contributed by atoms with Gasteiger partial charge in [-0.25, -0.2) is 0 Å².